The Bertz CT molecular complexity index is 603. The maximum atomic E-state index is 11.8. The van der Waals surface area contributed by atoms with Crippen molar-refractivity contribution in [2.45, 2.75) is 26.4 Å². The van der Waals surface area contributed by atoms with Crippen molar-refractivity contribution in [1.82, 2.24) is 16.3 Å². The number of hydrogen-bond donors (Lipinski definition) is 4. The van der Waals surface area contributed by atoms with E-state index in [4.69, 9.17) is 9.94 Å². The molecule has 23 heavy (non-hydrogen) atoms. The third kappa shape index (κ3) is 7.09. The molecule has 0 spiro atoms. The van der Waals surface area contributed by atoms with Gasteiger partial charge in [0.2, 0.25) is 0 Å². The summed E-state index contributed by atoms with van der Waals surface area (Å²) in [5, 5.41) is 8.36. The lowest BCUT2D eigenvalue weighted by molar-refractivity contribution is -0.124. The van der Waals surface area contributed by atoms with Crippen molar-refractivity contribution >= 4 is 24.0 Å². The summed E-state index contributed by atoms with van der Waals surface area (Å²) < 4.78 is 4.98. The van der Waals surface area contributed by atoms with Crippen LogP contribution in [0.5, 0.6) is 0 Å². The topological polar surface area (TPSA) is 117 Å². The van der Waals surface area contributed by atoms with Gasteiger partial charge < -0.3 is 4.74 Å². The molecule has 0 saturated carbocycles. The third-order valence-corrected chi connectivity index (χ3v) is 2.39. The predicted molar refractivity (Wildman–Crippen MR) is 82.2 cm³/mol. The zero-order valence-electron chi connectivity index (χ0n) is 13.0. The van der Waals surface area contributed by atoms with Crippen molar-refractivity contribution in [3.8, 4) is 0 Å². The summed E-state index contributed by atoms with van der Waals surface area (Å²) in [6.45, 7) is 5.12. The van der Waals surface area contributed by atoms with Gasteiger partial charge in [0.25, 0.3) is 11.8 Å². The first-order chi connectivity index (χ1) is 10.7. The second-order valence-corrected chi connectivity index (χ2v) is 5.51. The summed E-state index contributed by atoms with van der Waals surface area (Å²) in [5.74, 6) is -1.17. The molecule has 0 fully saturated rings. The van der Waals surface area contributed by atoms with Crippen molar-refractivity contribution in [1.29, 1.82) is 0 Å². The van der Waals surface area contributed by atoms with Gasteiger partial charge in [-0.25, -0.2) is 15.7 Å². The van der Waals surface area contributed by atoms with E-state index in [0.717, 1.165) is 6.08 Å². The molecule has 0 aliphatic carbocycles. The fourth-order valence-corrected chi connectivity index (χ4v) is 1.44. The predicted octanol–water partition coefficient (Wildman–Crippen LogP) is 1.37. The van der Waals surface area contributed by atoms with E-state index >= 15 is 0 Å². The summed E-state index contributed by atoms with van der Waals surface area (Å²) in [5.41, 5.74) is 6.14. The molecule has 8 nitrogen and oxygen atoms in total. The Labute approximate surface area is 133 Å². The van der Waals surface area contributed by atoms with Gasteiger partial charge in [0.1, 0.15) is 5.60 Å². The number of carbonyl (C=O) groups is 3. The molecule has 0 unspecified atom stereocenters. The van der Waals surface area contributed by atoms with E-state index in [9.17, 15) is 14.4 Å². The van der Waals surface area contributed by atoms with Crippen molar-refractivity contribution in [2.24, 2.45) is 0 Å². The minimum atomic E-state index is -0.764. The first-order valence-corrected chi connectivity index (χ1v) is 6.73. The highest BCUT2D eigenvalue weighted by atomic mass is 16.6. The standard InChI is InChI=1S/C15H19N3O5/c1-15(2,3)23-14(21)17-16-13(20)11-7-4-10(5-8-11)6-9-12(19)18-22/h4-9,22H,1-3H3,(H,16,20)(H,17,21)(H,18,19). The molecule has 0 saturated heterocycles. The second kappa shape index (κ2) is 7.95. The van der Waals surface area contributed by atoms with Gasteiger partial charge in [-0.1, -0.05) is 12.1 Å². The molecule has 0 atom stereocenters. The number of amides is 3. The van der Waals surface area contributed by atoms with Gasteiger partial charge in [0, 0.05) is 11.6 Å². The van der Waals surface area contributed by atoms with Crippen molar-refractivity contribution in [3.05, 3.63) is 41.5 Å². The molecule has 0 radical (unpaired) electrons. The van der Waals surface area contributed by atoms with Crippen LogP contribution in [0.25, 0.3) is 6.08 Å². The van der Waals surface area contributed by atoms with Crippen LogP contribution in [0.2, 0.25) is 0 Å². The Hall–Kier alpha value is -2.87. The van der Waals surface area contributed by atoms with Gasteiger partial charge in [-0.05, 0) is 44.5 Å². The SMILES string of the molecule is CC(C)(C)OC(=O)NNC(=O)c1ccc(C=CC(=O)NO)cc1. The molecular formula is C15H19N3O5. The quantitative estimate of drug-likeness (QED) is 0.381. The third-order valence-electron chi connectivity index (χ3n) is 2.39. The monoisotopic (exact) mass is 321 g/mol. The van der Waals surface area contributed by atoms with Crippen LogP contribution in [0.4, 0.5) is 4.79 Å². The van der Waals surface area contributed by atoms with E-state index in [1.807, 2.05) is 0 Å². The number of hydroxylamine groups is 1. The normalized spacial score (nSPS) is 11.0. The zero-order valence-corrected chi connectivity index (χ0v) is 13.0. The van der Waals surface area contributed by atoms with Gasteiger partial charge in [-0.3, -0.25) is 20.2 Å². The van der Waals surface area contributed by atoms with Gasteiger partial charge in [-0.2, -0.15) is 0 Å². The summed E-state index contributed by atoms with van der Waals surface area (Å²) >= 11 is 0. The number of carbonyl (C=O) groups excluding carboxylic acids is 3. The van der Waals surface area contributed by atoms with Gasteiger partial charge in [0.05, 0.1) is 0 Å². The second-order valence-electron chi connectivity index (χ2n) is 5.51. The lowest BCUT2D eigenvalue weighted by atomic mass is 10.1. The summed E-state index contributed by atoms with van der Waals surface area (Å²) in [7, 11) is 0. The number of hydrogen-bond acceptors (Lipinski definition) is 5. The Kier molecular flexibility index (Phi) is 6.28. The van der Waals surface area contributed by atoms with Crippen LogP contribution in [-0.2, 0) is 9.53 Å². The molecule has 1 rings (SSSR count). The molecule has 1 aromatic carbocycles. The molecule has 4 N–H and O–H groups in total. The minimum absolute atomic E-state index is 0.310. The Morgan fingerprint density at radius 2 is 1.70 bits per heavy atom. The molecule has 124 valence electrons. The number of benzene rings is 1. The number of rotatable bonds is 3. The van der Waals surface area contributed by atoms with Gasteiger partial charge in [0.15, 0.2) is 0 Å². The summed E-state index contributed by atoms with van der Waals surface area (Å²) in [6.07, 6.45) is 1.84. The number of ether oxygens (including phenoxy) is 1. The molecular weight excluding hydrogens is 302 g/mol. The maximum absolute atomic E-state index is 11.8. The van der Waals surface area contributed by atoms with Crippen LogP contribution < -0.4 is 16.3 Å². The van der Waals surface area contributed by atoms with Crippen LogP contribution in [0, 0.1) is 0 Å². The number of hydrazine groups is 1. The highest BCUT2D eigenvalue weighted by Gasteiger charge is 2.16. The van der Waals surface area contributed by atoms with Crippen molar-refractivity contribution in [2.75, 3.05) is 0 Å². The fourth-order valence-electron chi connectivity index (χ4n) is 1.44. The fraction of sp³-hybridized carbons (Fsp3) is 0.267. The molecule has 1 aromatic rings. The van der Waals surface area contributed by atoms with E-state index in [1.165, 1.54) is 23.7 Å². The van der Waals surface area contributed by atoms with E-state index in [-0.39, 0.29) is 0 Å². The van der Waals surface area contributed by atoms with E-state index in [0.29, 0.717) is 11.1 Å². The van der Waals surface area contributed by atoms with Crippen LogP contribution in [0.3, 0.4) is 0 Å². The van der Waals surface area contributed by atoms with Gasteiger partial charge in [-0.15, -0.1) is 0 Å². The number of nitrogens with one attached hydrogen (secondary N) is 3. The first kappa shape index (κ1) is 18.2. The first-order valence-electron chi connectivity index (χ1n) is 6.73. The van der Waals surface area contributed by atoms with Crippen molar-refractivity contribution in [3.63, 3.8) is 0 Å². The lowest BCUT2D eigenvalue weighted by Crippen LogP contribution is -2.44. The van der Waals surface area contributed by atoms with Crippen molar-refractivity contribution < 1.29 is 24.3 Å². The highest BCUT2D eigenvalue weighted by Crippen LogP contribution is 2.07. The minimum Gasteiger partial charge on any atom is -0.443 e. The smallest absolute Gasteiger partial charge is 0.426 e. The lowest BCUT2D eigenvalue weighted by Gasteiger charge is -2.19. The average Bonchev–Trinajstić information content (AvgIpc) is 2.49. The molecule has 0 aromatic heterocycles. The van der Waals surface area contributed by atoms with E-state index in [2.05, 4.69) is 10.9 Å². The average molecular weight is 321 g/mol. The van der Waals surface area contributed by atoms with Crippen LogP contribution in [-0.4, -0.2) is 28.7 Å². The van der Waals surface area contributed by atoms with Crippen LogP contribution in [0.1, 0.15) is 36.7 Å². The largest absolute Gasteiger partial charge is 0.443 e. The summed E-state index contributed by atoms with van der Waals surface area (Å²) in [6, 6.07) is 6.23. The maximum Gasteiger partial charge on any atom is 0.426 e. The van der Waals surface area contributed by atoms with E-state index in [1.54, 1.807) is 32.9 Å². The van der Waals surface area contributed by atoms with E-state index < -0.39 is 23.5 Å². The summed E-state index contributed by atoms with van der Waals surface area (Å²) in [4.78, 5) is 34.1. The Morgan fingerprint density at radius 3 is 2.22 bits per heavy atom. The molecule has 0 heterocycles. The molecule has 3 amide bonds. The zero-order chi connectivity index (χ0) is 17.5. The van der Waals surface area contributed by atoms with Crippen LogP contribution >= 0.6 is 0 Å². The van der Waals surface area contributed by atoms with Crippen LogP contribution in [0.15, 0.2) is 30.3 Å². The highest BCUT2D eigenvalue weighted by molar-refractivity contribution is 5.95. The molecule has 0 aliphatic heterocycles. The molecule has 0 aliphatic rings. The van der Waals surface area contributed by atoms with Gasteiger partial charge >= 0.3 is 6.09 Å². The Balaban J connectivity index is 2.56. The molecule has 8 heteroatoms. The molecule has 0 bridgehead atoms. The Morgan fingerprint density at radius 1 is 1.09 bits per heavy atom.